The maximum atomic E-state index is 14.3. The lowest BCUT2D eigenvalue weighted by atomic mass is 9.71. The van der Waals surface area contributed by atoms with Crippen molar-refractivity contribution in [2.45, 2.75) is 37.5 Å². The van der Waals surface area contributed by atoms with Crippen LogP contribution in [0.1, 0.15) is 23.5 Å². The van der Waals surface area contributed by atoms with Gasteiger partial charge in [-0.05, 0) is 20.4 Å². The van der Waals surface area contributed by atoms with Crippen molar-refractivity contribution in [1.82, 2.24) is 19.8 Å². The molecule has 3 aliphatic rings. The van der Waals surface area contributed by atoms with Crippen molar-refractivity contribution >= 4 is 5.91 Å². The van der Waals surface area contributed by atoms with E-state index < -0.39 is 17.6 Å². The molecule has 2 fully saturated rings. The first-order chi connectivity index (χ1) is 11.0. The van der Waals surface area contributed by atoms with Crippen molar-refractivity contribution < 1.29 is 13.9 Å². The number of hydrogen-bond donors (Lipinski definition) is 0. The van der Waals surface area contributed by atoms with Crippen LogP contribution in [-0.2, 0) is 21.5 Å². The quantitative estimate of drug-likeness (QED) is 0.751. The van der Waals surface area contributed by atoms with E-state index in [9.17, 15) is 9.18 Å². The van der Waals surface area contributed by atoms with Crippen LogP contribution in [0.15, 0.2) is 6.20 Å². The summed E-state index contributed by atoms with van der Waals surface area (Å²) >= 11 is 0. The Labute approximate surface area is 134 Å². The zero-order valence-electron chi connectivity index (χ0n) is 13.5. The molecule has 0 unspecified atom stereocenters. The van der Waals surface area contributed by atoms with E-state index >= 15 is 0 Å². The van der Waals surface area contributed by atoms with Gasteiger partial charge in [0.1, 0.15) is 17.4 Å². The molecule has 2 atom stereocenters. The van der Waals surface area contributed by atoms with E-state index in [2.05, 4.69) is 14.9 Å². The van der Waals surface area contributed by atoms with Gasteiger partial charge in [0.2, 0.25) is 5.91 Å². The standard InChI is InChI=1S/C16H21FN4O2/c1-10-18-5-11-6-21(13-3-4-23-7-12(13)17)15(22)16(14(11)19-10)8-20(2)9-16/h5,12-13H,3-4,6-9H2,1-2H3/t12-,13-/m0/s1. The van der Waals surface area contributed by atoms with Crippen molar-refractivity contribution in [1.29, 1.82) is 0 Å². The molecular formula is C16H21FN4O2. The molecule has 23 heavy (non-hydrogen) atoms. The molecule has 0 N–H and O–H groups in total. The number of carbonyl (C=O) groups is 1. The van der Waals surface area contributed by atoms with Crippen LogP contribution in [0.4, 0.5) is 4.39 Å². The molecule has 0 radical (unpaired) electrons. The second-order valence-electron chi connectivity index (χ2n) is 6.93. The van der Waals surface area contributed by atoms with Crippen LogP contribution in [0.5, 0.6) is 0 Å². The Hall–Kier alpha value is -1.60. The van der Waals surface area contributed by atoms with Crippen LogP contribution in [-0.4, -0.2) is 71.2 Å². The van der Waals surface area contributed by atoms with Crippen molar-refractivity contribution in [2.24, 2.45) is 0 Å². The fourth-order valence-corrected chi connectivity index (χ4v) is 4.13. The van der Waals surface area contributed by atoms with Crippen LogP contribution in [0.25, 0.3) is 0 Å². The van der Waals surface area contributed by atoms with Gasteiger partial charge in [0.25, 0.3) is 0 Å². The minimum atomic E-state index is -1.13. The summed E-state index contributed by atoms with van der Waals surface area (Å²) in [6, 6.07) is -0.409. The molecule has 4 heterocycles. The minimum Gasteiger partial charge on any atom is -0.378 e. The first-order valence-corrected chi connectivity index (χ1v) is 8.06. The second kappa shape index (κ2) is 5.21. The third-order valence-corrected chi connectivity index (χ3v) is 5.18. The second-order valence-corrected chi connectivity index (χ2v) is 6.93. The molecule has 1 aromatic heterocycles. The van der Waals surface area contributed by atoms with Crippen LogP contribution in [0.3, 0.4) is 0 Å². The molecular weight excluding hydrogens is 299 g/mol. The number of aryl methyl sites for hydroxylation is 1. The van der Waals surface area contributed by atoms with Gasteiger partial charge >= 0.3 is 0 Å². The number of amides is 1. The monoisotopic (exact) mass is 320 g/mol. The summed E-state index contributed by atoms with van der Waals surface area (Å²) in [5.41, 5.74) is 1.16. The lowest BCUT2D eigenvalue weighted by Gasteiger charge is -2.53. The Morgan fingerprint density at radius 3 is 2.91 bits per heavy atom. The topological polar surface area (TPSA) is 58.6 Å². The number of ether oxygens (including phenoxy) is 1. The van der Waals surface area contributed by atoms with Crippen LogP contribution in [0, 0.1) is 6.92 Å². The molecule has 6 nitrogen and oxygen atoms in total. The van der Waals surface area contributed by atoms with Crippen molar-refractivity contribution in [2.75, 3.05) is 33.4 Å². The van der Waals surface area contributed by atoms with E-state index in [-0.39, 0.29) is 12.5 Å². The number of alkyl halides is 1. The number of hydrogen-bond acceptors (Lipinski definition) is 5. The molecule has 0 aliphatic carbocycles. The summed E-state index contributed by atoms with van der Waals surface area (Å²) in [4.78, 5) is 25.9. The molecule has 4 rings (SSSR count). The van der Waals surface area contributed by atoms with E-state index in [1.54, 1.807) is 11.1 Å². The summed E-state index contributed by atoms with van der Waals surface area (Å²) < 4.78 is 19.5. The molecule has 1 spiro atoms. The summed E-state index contributed by atoms with van der Waals surface area (Å²) in [6.07, 6.45) is 1.21. The molecule has 0 bridgehead atoms. The number of nitrogens with zero attached hydrogens (tertiary/aromatic N) is 4. The van der Waals surface area contributed by atoms with Crippen molar-refractivity contribution in [3.05, 3.63) is 23.3 Å². The van der Waals surface area contributed by atoms with Gasteiger partial charge in [0.05, 0.1) is 18.3 Å². The zero-order chi connectivity index (χ0) is 16.2. The molecule has 7 heteroatoms. The van der Waals surface area contributed by atoms with Gasteiger partial charge in [0, 0.05) is 38.0 Å². The molecule has 2 saturated heterocycles. The molecule has 3 aliphatic heterocycles. The largest absolute Gasteiger partial charge is 0.378 e. The maximum Gasteiger partial charge on any atom is 0.238 e. The first kappa shape index (κ1) is 15.0. The predicted octanol–water partition coefficient (Wildman–Crippen LogP) is 0.437. The van der Waals surface area contributed by atoms with E-state index in [1.807, 2.05) is 14.0 Å². The lowest BCUT2D eigenvalue weighted by molar-refractivity contribution is -0.154. The Bertz CT molecular complexity index is 647. The average molecular weight is 320 g/mol. The van der Waals surface area contributed by atoms with Crippen LogP contribution >= 0.6 is 0 Å². The van der Waals surface area contributed by atoms with Gasteiger partial charge in [-0.2, -0.15) is 0 Å². The highest BCUT2D eigenvalue weighted by Gasteiger charge is 2.57. The predicted molar refractivity (Wildman–Crippen MR) is 80.6 cm³/mol. The third kappa shape index (κ3) is 2.17. The lowest BCUT2D eigenvalue weighted by Crippen LogP contribution is -2.69. The SMILES string of the molecule is Cc1ncc2c(n1)C1(CN(C)C1)C(=O)N([C@H]1CCOC[C@@H]1F)C2. The molecule has 1 aromatic rings. The van der Waals surface area contributed by atoms with Gasteiger partial charge < -0.3 is 14.5 Å². The van der Waals surface area contributed by atoms with Crippen molar-refractivity contribution in [3.8, 4) is 0 Å². The smallest absolute Gasteiger partial charge is 0.238 e. The van der Waals surface area contributed by atoms with E-state index in [1.165, 1.54) is 0 Å². The Balaban J connectivity index is 1.75. The fourth-order valence-electron chi connectivity index (χ4n) is 4.13. The highest BCUT2D eigenvalue weighted by Crippen LogP contribution is 2.41. The van der Waals surface area contributed by atoms with Gasteiger partial charge in [-0.1, -0.05) is 0 Å². The van der Waals surface area contributed by atoms with E-state index in [4.69, 9.17) is 4.74 Å². The van der Waals surface area contributed by atoms with Crippen molar-refractivity contribution in [3.63, 3.8) is 0 Å². The Morgan fingerprint density at radius 1 is 1.43 bits per heavy atom. The number of likely N-dealkylation sites (tertiary alicyclic amines) is 1. The average Bonchev–Trinajstić information content (AvgIpc) is 2.50. The number of aromatic nitrogens is 2. The molecule has 0 saturated carbocycles. The van der Waals surface area contributed by atoms with Crippen LogP contribution in [0.2, 0.25) is 0 Å². The summed E-state index contributed by atoms with van der Waals surface area (Å²) in [5.74, 6) is 0.684. The van der Waals surface area contributed by atoms with Gasteiger partial charge in [-0.15, -0.1) is 0 Å². The highest BCUT2D eigenvalue weighted by atomic mass is 19.1. The maximum absolute atomic E-state index is 14.3. The Morgan fingerprint density at radius 2 is 2.22 bits per heavy atom. The molecule has 0 aromatic carbocycles. The van der Waals surface area contributed by atoms with E-state index in [0.717, 1.165) is 11.3 Å². The fraction of sp³-hybridized carbons (Fsp3) is 0.688. The molecule has 124 valence electrons. The number of halogens is 1. The number of likely N-dealkylation sites (N-methyl/N-ethyl adjacent to an activating group) is 1. The minimum absolute atomic E-state index is 0.00995. The summed E-state index contributed by atoms with van der Waals surface area (Å²) in [7, 11) is 1.98. The number of fused-ring (bicyclic) bond motifs is 2. The van der Waals surface area contributed by atoms with Gasteiger partial charge in [-0.3, -0.25) is 4.79 Å². The Kier molecular flexibility index (Phi) is 3.39. The number of carbonyl (C=O) groups excluding carboxylic acids is 1. The van der Waals surface area contributed by atoms with Crippen LogP contribution < -0.4 is 0 Å². The van der Waals surface area contributed by atoms with Gasteiger partial charge in [0.15, 0.2) is 0 Å². The first-order valence-electron chi connectivity index (χ1n) is 8.06. The highest BCUT2D eigenvalue weighted by molar-refractivity contribution is 5.91. The summed E-state index contributed by atoms with van der Waals surface area (Å²) in [6.45, 7) is 4.06. The van der Waals surface area contributed by atoms with Gasteiger partial charge in [-0.25, -0.2) is 14.4 Å². The number of rotatable bonds is 1. The summed E-state index contributed by atoms with van der Waals surface area (Å²) in [5, 5.41) is 0. The molecule has 1 amide bonds. The third-order valence-electron chi connectivity index (χ3n) is 5.18. The van der Waals surface area contributed by atoms with E-state index in [0.29, 0.717) is 38.5 Å². The normalized spacial score (nSPS) is 30.2. The zero-order valence-corrected chi connectivity index (χ0v) is 13.5.